The summed E-state index contributed by atoms with van der Waals surface area (Å²) in [5.74, 6) is 0. The van der Waals surface area contributed by atoms with Gasteiger partial charge in [0, 0.05) is 5.41 Å². The van der Waals surface area contributed by atoms with E-state index in [-0.39, 0.29) is 23.2 Å². The molecule has 2 fully saturated rings. The maximum atomic E-state index is 10.6. The van der Waals surface area contributed by atoms with Crippen molar-refractivity contribution in [3.63, 3.8) is 0 Å². The molecule has 0 bridgehead atoms. The summed E-state index contributed by atoms with van der Waals surface area (Å²) in [6.45, 7) is 10.6. The summed E-state index contributed by atoms with van der Waals surface area (Å²) in [5, 5.41) is 0. The molecule has 1 saturated heterocycles. The van der Waals surface area contributed by atoms with Crippen LogP contribution in [0.3, 0.4) is 0 Å². The molecule has 1 saturated carbocycles. The van der Waals surface area contributed by atoms with Crippen LogP contribution < -0.4 is 0 Å². The number of allylic oxidation sites excluding steroid dienone is 6. The highest BCUT2D eigenvalue weighted by Crippen LogP contribution is 2.66. The molecule has 146 valence electrons. The quantitative estimate of drug-likeness (QED) is 0.374. The molecule has 0 radical (unpaired) electrons. The Morgan fingerprint density at radius 1 is 1.15 bits per heavy atom. The lowest BCUT2D eigenvalue weighted by atomic mass is 9.64. The highest BCUT2D eigenvalue weighted by atomic mass is 31.2. The Bertz CT molecular complexity index is 697. The van der Waals surface area contributed by atoms with Crippen molar-refractivity contribution in [3.8, 4) is 0 Å². The first-order valence-corrected chi connectivity index (χ1v) is 10.6. The van der Waals surface area contributed by atoms with Crippen LogP contribution in [0.25, 0.3) is 0 Å². The lowest BCUT2D eigenvalue weighted by molar-refractivity contribution is 0.166. The van der Waals surface area contributed by atoms with Crippen molar-refractivity contribution in [2.45, 2.75) is 65.1 Å². The summed E-state index contributed by atoms with van der Waals surface area (Å²) in [4.78, 5) is 17.3. The number of hydrogen-bond donors (Lipinski definition) is 2. The second-order valence-corrected chi connectivity index (χ2v) is 9.38. The third-order valence-corrected chi connectivity index (χ3v) is 6.02. The molecule has 0 aromatic rings. The Labute approximate surface area is 156 Å². The van der Waals surface area contributed by atoms with Crippen LogP contribution in [-0.4, -0.2) is 27.6 Å². The zero-order valence-electron chi connectivity index (χ0n) is 16.4. The minimum Gasteiger partial charge on any atom is -0.358 e. The molecule has 2 aliphatic rings. The molecule has 0 amide bonds. The van der Waals surface area contributed by atoms with Gasteiger partial charge in [-0.25, -0.2) is 4.57 Å². The normalized spacial score (nSPS) is 32.3. The van der Waals surface area contributed by atoms with Gasteiger partial charge >= 0.3 is 7.82 Å². The number of hydrogen-bond acceptors (Lipinski definition) is 3. The molecule has 6 heteroatoms. The van der Waals surface area contributed by atoms with E-state index in [0.717, 1.165) is 17.6 Å². The summed E-state index contributed by atoms with van der Waals surface area (Å²) in [5.41, 5.74) is 1.95. The highest BCUT2D eigenvalue weighted by molar-refractivity contribution is 7.46. The summed E-state index contributed by atoms with van der Waals surface area (Å²) >= 11 is 0. The molecule has 0 aromatic carbocycles. The smallest absolute Gasteiger partial charge is 0.358 e. The SMILES string of the molecule is CC(/C=C/C12OC1(C)CCCC2(C)C)=C\C=C\C(C)=C\COP(=O)(O)O. The van der Waals surface area contributed by atoms with E-state index >= 15 is 0 Å². The average Bonchev–Trinajstić information content (AvgIpc) is 3.12. The van der Waals surface area contributed by atoms with Crippen LogP contribution in [0.2, 0.25) is 0 Å². The standard InChI is InChI=1S/C20H31O5P/c1-16(8-6-9-17(2)11-15-24-26(21,22)23)10-14-20-18(3,4)12-7-13-19(20,5)25-20/h6,8-11,14H,7,12-13,15H2,1-5H3,(H2,21,22,23)/b9-6+,14-10+,16-8+,17-11+. The maximum absolute atomic E-state index is 10.6. The van der Waals surface area contributed by atoms with Crippen LogP contribution in [0.15, 0.2) is 47.6 Å². The number of fused-ring (bicyclic) bond motifs is 1. The summed E-state index contributed by atoms with van der Waals surface area (Å²) in [6.07, 6.45) is 15.3. The van der Waals surface area contributed by atoms with Crippen LogP contribution in [0.1, 0.15) is 53.9 Å². The fraction of sp³-hybridized carbons (Fsp3) is 0.600. The number of epoxide rings is 1. The van der Waals surface area contributed by atoms with Crippen molar-refractivity contribution in [2.75, 3.05) is 6.61 Å². The molecular weight excluding hydrogens is 351 g/mol. The lowest BCUT2D eigenvalue weighted by Gasteiger charge is -2.36. The Morgan fingerprint density at radius 3 is 2.46 bits per heavy atom. The number of phosphoric acid groups is 1. The second-order valence-electron chi connectivity index (χ2n) is 8.14. The predicted octanol–water partition coefficient (Wildman–Crippen LogP) is 4.84. The molecule has 1 aliphatic carbocycles. The highest BCUT2D eigenvalue weighted by Gasteiger charge is 2.73. The third kappa shape index (κ3) is 4.85. The van der Waals surface area contributed by atoms with Crippen molar-refractivity contribution >= 4 is 7.82 Å². The van der Waals surface area contributed by atoms with E-state index in [1.54, 1.807) is 6.08 Å². The van der Waals surface area contributed by atoms with E-state index in [1.165, 1.54) is 12.8 Å². The van der Waals surface area contributed by atoms with E-state index in [0.29, 0.717) is 0 Å². The molecule has 2 unspecified atom stereocenters. The molecule has 26 heavy (non-hydrogen) atoms. The van der Waals surface area contributed by atoms with Gasteiger partial charge in [0.25, 0.3) is 0 Å². The van der Waals surface area contributed by atoms with Crippen molar-refractivity contribution < 1.29 is 23.6 Å². The van der Waals surface area contributed by atoms with Crippen molar-refractivity contribution in [1.82, 2.24) is 0 Å². The molecule has 1 aliphatic heterocycles. The fourth-order valence-electron chi connectivity index (χ4n) is 3.90. The molecule has 5 nitrogen and oxygen atoms in total. The molecule has 2 atom stereocenters. The van der Waals surface area contributed by atoms with E-state index in [1.807, 2.05) is 32.1 Å². The summed E-state index contributed by atoms with van der Waals surface area (Å²) in [6, 6.07) is 0. The molecule has 0 spiro atoms. The van der Waals surface area contributed by atoms with Crippen LogP contribution >= 0.6 is 7.82 Å². The van der Waals surface area contributed by atoms with Crippen LogP contribution in [-0.2, 0) is 13.8 Å². The topological polar surface area (TPSA) is 79.3 Å². The fourth-order valence-corrected chi connectivity index (χ4v) is 4.17. The van der Waals surface area contributed by atoms with Gasteiger partial charge < -0.3 is 14.5 Å². The van der Waals surface area contributed by atoms with Gasteiger partial charge in [0.15, 0.2) is 0 Å². The number of ether oxygens (including phenoxy) is 1. The monoisotopic (exact) mass is 382 g/mol. The summed E-state index contributed by atoms with van der Waals surface area (Å²) < 4.78 is 21.2. The zero-order chi connectivity index (χ0) is 19.6. The molecule has 1 heterocycles. The van der Waals surface area contributed by atoms with Gasteiger partial charge in [-0.3, -0.25) is 4.52 Å². The molecular formula is C20H31O5P. The largest absolute Gasteiger partial charge is 0.469 e. The van der Waals surface area contributed by atoms with Crippen LogP contribution in [0.4, 0.5) is 0 Å². The number of phosphoric ester groups is 1. The molecule has 2 rings (SSSR count). The average molecular weight is 382 g/mol. The van der Waals surface area contributed by atoms with Crippen molar-refractivity contribution in [1.29, 1.82) is 0 Å². The summed E-state index contributed by atoms with van der Waals surface area (Å²) in [7, 11) is -4.41. The maximum Gasteiger partial charge on any atom is 0.469 e. The lowest BCUT2D eigenvalue weighted by Crippen LogP contribution is -2.41. The van der Waals surface area contributed by atoms with Gasteiger partial charge in [-0.05, 0) is 46.1 Å². The second kappa shape index (κ2) is 7.57. The minimum atomic E-state index is -4.41. The zero-order valence-corrected chi connectivity index (χ0v) is 17.3. The Kier molecular flexibility index (Phi) is 6.21. The van der Waals surface area contributed by atoms with Gasteiger partial charge in [-0.2, -0.15) is 0 Å². The van der Waals surface area contributed by atoms with Crippen molar-refractivity contribution in [2.24, 2.45) is 5.41 Å². The molecule has 0 aromatic heterocycles. The Balaban J connectivity index is 1.95. The van der Waals surface area contributed by atoms with Gasteiger partial charge in [-0.1, -0.05) is 55.4 Å². The first-order valence-electron chi connectivity index (χ1n) is 9.02. The van der Waals surface area contributed by atoms with E-state index in [4.69, 9.17) is 14.5 Å². The first-order chi connectivity index (χ1) is 11.9. The van der Waals surface area contributed by atoms with Crippen molar-refractivity contribution in [3.05, 3.63) is 47.6 Å². The van der Waals surface area contributed by atoms with E-state index < -0.39 is 7.82 Å². The third-order valence-electron chi connectivity index (χ3n) is 5.54. The van der Waals surface area contributed by atoms with Gasteiger partial charge in [0.2, 0.25) is 0 Å². The van der Waals surface area contributed by atoms with Crippen LogP contribution in [0, 0.1) is 5.41 Å². The Hall–Kier alpha value is -0.970. The van der Waals surface area contributed by atoms with Crippen LogP contribution in [0.5, 0.6) is 0 Å². The van der Waals surface area contributed by atoms with Gasteiger partial charge in [-0.15, -0.1) is 0 Å². The van der Waals surface area contributed by atoms with E-state index in [9.17, 15) is 4.57 Å². The predicted molar refractivity (Wildman–Crippen MR) is 104 cm³/mol. The first kappa shape index (κ1) is 21.3. The Morgan fingerprint density at radius 2 is 1.85 bits per heavy atom. The van der Waals surface area contributed by atoms with Gasteiger partial charge in [0.1, 0.15) is 5.60 Å². The van der Waals surface area contributed by atoms with Gasteiger partial charge in [0.05, 0.1) is 12.2 Å². The number of rotatable bonds is 7. The molecule has 2 N–H and O–H groups in total. The minimum absolute atomic E-state index is 0.0282. The van der Waals surface area contributed by atoms with E-state index in [2.05, 4.69) is 37.4 Å².